The zero-order valence-electron chi connectivity index (χ0n) is 74.5. The molecule has 7 aromatic rings. The van der Waals surface area contributed by atoms with Gasteiger partial charge in [-0.05, 0) is 211 Å². The Morgan fingerprint density at radius 1 is 0.390 bits per heavy atom. The molecule has 0 fully saturated rings. The summed E-state index contributed by atoms with van der Waals surface area (Å²) < 4.78 is 66.5. The van der Waals surface area contributed by atoms with Crippen LogP contribution in [0.2, 0.25) is 5.04 Å². The third-order valence-corrected chi connectivity index (χ3v) is 23.2. The molecule has 25 nitrogen and oxygen atoms in total. The van der Waals surface area contributed by atoms with Gasteiger partial charge in [-0.2, -0.15) is 0 Å². The SMILES string of the molecule is C.C.CC(C=O)[C@@H](c1ccco1)N(C)C(=O)OC(C)(C)C.CC(CCO)[C@@H](c1ccco1)N(C)C(=O)OC(C)(C)C.CC(CCO[Si](c1ccccc1)(c1ccccc1)C(C)(C)C)[C@@H](c1ccco1)N(C)C(=O)OC(C)(C)C.CC(CO)[C@@H](c1ccco1)N(C)C(=O)OC(C)(C)C.CO/C=C/C(C)[C@@H](c1ccco1)N(C)C(=O)OC(C)(C)C. The maximum atomic E-state index is 13.0. The Balaban J connectivity index is 0.000000759. The van der Waals surface area contributed by atoms with Crippen LogP contribution in [0, 0.1) is 29.6 Å². The fourth-order valence-corrected chi connectivity index (χ4v) is 17.4. The fourth-order valence-electron chi connectivity index (χ4n) is 12.9. The summed E-state index contributed by atoms with van der Waals surface area (Å²) >= 11 is 0. The number of carbonyl (C=O) groups is 6. The maximum Gasteiger partial charge on any atom is 0.410 e. The van der Waals surface area contributed by atoms with E-state index >= 15 is 0 Å². The summed E-state index contributed by atoms with van der Waals surface area (Å²) in [6, 6.07) is 37.8. The lowest BCUT2D eigenvalue weighted by Gasteiger charge is -2.43. The van der Waals surface area contributed by atoms with E-state index in [0.29, 0.717) is 36.1 Å². The van der Waals surface area contributed by atoms with E-state index in [-0.39, 0.29) is 99.0 Å². The second-order valence-corrected chi connectivity index (χ2v) is 39.4. The van der Waals surface area contributed by atoms with Crippen LogP contribution in [0.4, 0.5) is 24.0 Å². The highest BCUT2D eigenvalue weighted by Gasteiger charge is 2.50. The number of amides is 5. The van der Waals surface area contributed by atoms with Crippen LogP contribution in [-0.4, -0.2) is 170 Å². The Morgan fingerprint density at radius 3 is 0.890 bits per heavy atom. The lowest BCUT2D eigenvalue weighted by molar-refractivity contribution is -0.112. The van der Waals surface area contributed by atoms with Crippen molar-refractivity contribution in [2.45, 2.75) is 250 Å². The van der Waals surface area contributed by atoms with Crippen molar-refractivity contribution in [2.75, 3.05) is 62.2 Å². The first-order valence-electron chi connectivity index (χ1n) is 39.5. The van der Waals surface area contributed by atoms with Gasteiger partial charge in [-0.25, -0.2) is 24.0 Å². The molecule has 0 saturated heterocycles. The summed E-state index contributed by atoms with van der Waals surface area (Å²) in [5.41, 5.74) is -2.79. The molecule has 0 saturated carbocycles. The highest BCUT2D eigenvalue weighted by atomic mass is 28.4. The molecule has 7 rings (SSSR count). The summed E-state index contributed by atoms with van der Waals surface area (Å²) in [6.07, 6.45) is 11.4. The molecule has 5 unspecified atom stereocenters. The van der Waals surface area contributed by atoms with E-state index in [0.717, 1.165) is 18.5 Å². The first-order chi connectivity index (χ1) is 53.9. The van der Waals surface area contributed by atoms with Gasteiger partial charge in [-0.1, -0.05) is 131 Å². The maximum absolute atomic E-state index is 13.0. The molecule has 5 heterocycles. The number of aldehydes is 1. The largest absolute Gasteiger partial charge is 0.505 e. The average molecular weight is 1670 g/mol. The van der Waals surface area contributed by atoms with E-state index in [2.05, 4.69) is 88.4 Å². The number of aliphatic hydroxyl groups excluding tert-OH is 2. The number of aliphatic hydroxyl groups is 2. The molecule has 118 heavy (non-hydrogen) atoms. The third kappa shape index (κ3) is 34.4. The van der Waals surface area contributed by atoms with E-state index in [9.17, 15) is 33.9 Å². The highest BCUT2D eigenvalue weighted by molar-refractivity contribution is 6.99. The zero-order chi connectivity index (χ0) is 87.9. The van der Waals surface area contributed by atoms with Gasteiger partial charge >= 0.3 is 30.5 Å². The standard InChI is InChI=1S/C31H43NO4Si.C16H25NO4.C15H25NO4.C14H23NO4.C14H21NO4.2CH4/c1-24(28(27-20-15-22-34-27)32(8)29(33)36-30(2,3)4)21-23-35-37(31(5,6)7,25-16-11-9-12-17-25)26-18-13-10-14-19-26;1-12(9-11-19-6)14(13-8-7-10-20-13)17(5)15(18)21-16(2,3)4;1-11(8-9-17)13(12-7-6-10-19-12)16(5)14(18)20-15(2,3)4;2*1-10(9-16)12(11-7-6-8-18-11)15(5)13(17)19-14(2,3)4;;/h9-20,22,24,28H,21,23H2,1-8H3;7-12,14H,1-6H3;6-7,10-11,13,17H,8-9H2,1-5H3;6-8,10,12,16H,9H2,1-5H3;6-10,12H,1-5H3;2*1H4/b;11-9+;;;;;/t24?,28-;12?,14-;11?,13-;2*10?,12-;;/m00000../s1. The van der Waals surface area contributed by atoms with Crippen LogP contribution in [0.15, 0.2) is 187 Å². The van der Waals surface area contributed by atoms with Crippen LogP contribution >= 0.6 is 0 Å². The van der Waals surface area contributed by atoms with Gasteiger partial charge in [0, 0.05) is 72.8 Å². The molecule has 0 aliphatic rings. The number of rotatable bonds is 27. The summed E-state index contributed by atoms with van der Waals surface area (Å²) in [5, 5.41) is 20.9. The van der Waals surface area contributed by atoms with Crippen molar-refractivity contribution in [3.05, 3.63) is 194 Å². The van der Waals surface area contributed by atoms with E-state index in [1.54, 1.807) is 148 Å². The molecule has 26 heteroatoms. The van der Waals surface area contributed by atoms with Crippen LogP contribution in [0.5, 0.6) is 0 Å². The molecule has 2 N–H and O–H groups in total. The van der Waals surface area contributed by atoms with E-state index in [1.807, 2.05) is 134 Å². The summed E-state index contributed by atoms with van der Waals surface area (Å²) in [4.78, 5) is 80.2. The van der Waals surface area contributed by atoms with Crippen molar-refractivity contribution < 1.29 is 93.9 Å². The predicted molar refractivity (Wildman–Crippen MR) is 466 cm³/mol. The molecule has 0 radical (unpaired) electrons. The molecule has 0 aliphatic carbocycles. The van der Waals surface area contributed by atoms with Crippen LogP contribution < -0.4 is 10.4 Å². The molecule has 0 aliphatic heterocycles. The summed E-state index contributed by atoms with van der Waals surface area (Å²) in [7, 11) is 7.38. The predicted octanol–water partition coefficient (Wildman–Crippen LogP) is 21.1. The number of carbonyl (C=O) groups excluding carboxylic acids is 6. The van der Waals surface area contributed by atoms with Crippen molar-refractivity contribution in [1.29, 1.82) is 0 Å². The van der Waals surface area contributed by atoms with E-state index in [1.165, 1.54) is 31.3 Å². The Labute approximate surface area is 706 Å². The molecule has 662 valence electrons. The fraction of sp³-hybridized carbons (Fsp3) is 0.565. The second kappa shape index (κ2) is 48.5. The van der Waals surface area contributed by atoms with Gasteiger partial charge < -0.3 is 94.4 Å². The van der Waals surface area contributed by atoms with Gasteiger partial charge in [-0.3, -0.25) is 0 Å². The minimum absolute atomic E-state index is 0. The molecule has 2 aromatic carbocycles. The minimum atomic E-state index is -2.63. The normalized spacial score (nSPS) is 14.3. The number of nitrogens with zero attached hydrogens (tertiary/aromatic N) is 5. The number of furan rings is 5. The number of hydrogen-bond acceptors (Lipinski definition) is 20. The number of methoxy groups -OCH3 is 1. The summed E-state index contributed by atoms with van der Waals surface area (Å²) in [5.74, 6) is 2.94. The van der Waals surface area contributed by atoms with Crippen molar-refractivity contribution >= 4 is 55.4 Å². The Hall–Kier alpha value is -9.50. The topological polar surface area (TPSA) is 289 Å². The third-order valence-electron chi connectivity index (χ3n) is 18.2. The zero-order valence-corrected chi connectivity index (χ0v) is 75.5. The second-order valence-electron chi connectivity index (χ2n) is 35.1. The Kier molecular flexibility index (Phi) is 43.8. The van der Waals surface area contributed by atoms with Gasteiger partial charge in [0.2, 0.25) is 0 Å². The molecule has 5 aromatic heterocycles. The first kappa shape index (κ1) is 107. The Morgan fingerprint density at radius 2 is 0.653 bits per heavy atom. The minimum Gasteiger partial charge on any atom is -0.505 e. The van der Waals surface area contributed by atoms with Crippen molar-refractivity contribution in [2.24, 2.45) is 29.6 Å². The first-order valence-corrected chi connectivity index (χ1v) is 41.4. The number of benzene rings is 2. The van der Waals surface area contributed by atoms with Crippen molar-refractivity contribution in [1.82, 2.24) is 24.5 Å². The number of ether oxygens (including phenoxy) is 6. The van der Waals surface area contributed by atoms with Gasteiger partial charge in [0.05, 0.1) is 68.9 Å². The lowest BCUT2D eigenvalue weighted by atomic mass is 9.95. The van der Waals surface area contributed by atoms with Crippen LogP contribution in [0.3, 0.4) is 0 Å². The summed E-state index contributed by atoms with van der Waals surface area (Å²) in [6.45, 7) is 44.6. The quantitative estimate of drug-likeness (QED) is 0.0209. The molecule has 10 atom stereocenters. The van der Waals surface area contributed by atoms with Crippen molar-refractivity contribution in [3.8, 4) is 0 Å². The van der Waals surface area contributed by atoms with Gasteiger partial charge in [0.1, 0.15) is 69.1 Å². The van der Waals surface area contributed by atoms with Gasteiger partial charge in [-0.15, -0.1) is 0 Å². The number of hydrogen-bond donors (Lipinski definition) is 2. The van der Waals surface area contributed by atoms with E-state index < -0.39 is 60.6 Å². The van der Waals surface area contributed by atoms with Crippen LogP contribution in [0.25, 0.3) is 0 Å². The smallest absolute Gasteiger partial charge is 0.410 e. The van der Waals surface area contributed by atoms with Crippen LogP contribution in [0.1, 0.15) is 246 Å². The monoisotopic (exact) mass is 1670 g/mol. The molecule has 5 amide bonds. The average Bonchev–Trinajstić information content (AvgIpc) is 1.14. The van der Waals surface area contributed by atoms with Gasteiger partial charge in [0.15, 0.2) is 0 Å². The molecular weight excluding hydrogens is 1520 g/mol. The van der Waals surface area contributed by atoms with Crippen molar-refractivity contribution in [3.63, 3.8) is 0 Å². The van der Waals surface area contributed by atoms with Gasteiger partial charge in [0.25, 0.3) is 8.32 Å². The lowest BCUT2D eigenvalue weighted by Crippen LogP contribution is -2.66. The molecule has 0 spiro atoms. The van der Waals surface area contributed by atoms with E-state index in [4.69, 9.17) is 60.0 Å². The molecule has 0 bridgehead atoms. The Bertz CT molecular complexity index is 3880. The highest BCUT2D eigenvalue weighted by Crippen LogP contribution is 2.40. The van der Waals surface area contributed by atoms with Crippen LogP contribution in [-0.2, 0) is 37.6 Å². The molecular formula is C92H145N5O20Si.